The Hall–Kier alpha value is -0.860. The van der Waals surface area contributed by atoms with E-state index in [-0.39, 0.29) is 5.25 Å². The van der Waals surface area contributed by atoms with Crippen molar-refractivity contribution in [3.8, 4) is 0 Å². The van der Waals surface area contributed by atoms with Crippen LogP contribution in [0.2, 0.25) is 0 Å². The molecule has 2 aliphatic heterocycles. The van der Waals surface area contributed by atoms with Crippen molar-refractivity contribution < 1.29 is 8.42 Å². The summed E-state index contributed by atoms with van der Waals surface area (Å²) in [7, 11) is -1.27. The summed E-state index contributed by atoms with van der Waals surface area (Å²) in [6.45, 7) is 4.91. The highest BCUT2D eigenvalue weighted by atomic mass is 32.2. The number of piperidine rings is 1. The van der Waals surface area contributed by atoms with Gasteiger partial charge >= 0.3 is 0 Å². The predicted molar refractivity (Wildman–Crippen MR) is 105 cm³/mol. The van der Waals surface area contributed by atoms with Crippen molar-refractivity contribution in [3.63, 3.8) is 0 Å². The van der Waals surface area contributed by atoms with Gasteiger partial charge in [0.05, 0.1) is 11.8 Å². The zero-order valence-electron chi connectivity index (χ0n) is 15.8. The fourth-order valence-electron chi connectivity index (χ4n) is 4.48. The molecule has 3 heterocycles. The maximum atomic E-state index is 13.5. The Bertz CT molecular complexity index is 822. The van der Waals surface area contributed by atoms with Crippen molar-refractivity contribution in [2.24, 2.45) is 16.8 Å². The normalized spacial score (nSPS) is 29.8. The third-order valence-corrected chi connectivity index (χ3v) is 9.22. The van der Waals surface area contributed by atoms with Crippen LogP contribution in [0.15, 0.2) is 14.9 Å². The van der Waals surface area contributed by atoms with Crippen molar-refractivity contribution in [2.45, 2.75) is 60.7 Å². The molecule has 0 spiro atoms. The topological polar surface area (TPSA) is 67.6 Å². The van der Waals surface area contributed by atoms with E-state index in [0.717, 1.165) is 57.5 Å². The molecular formula is C18H28N4O2S2. The van der Waals surface area contributed by atoms with Gasteiger partial charge in [0, 0.05) is 24.7 Å². The minimum Gasteiger partial charge on any atom is -0.305 e. The van der Waals surface area contributed by atoms with Crippen LogP contribution < -0.4 is 0 Å². The van der Waals surface area contributed by atoms with Gasteiger partial charge in [-0.15, -0.1) is 11.8 Å². The van der Waals surface area contributed by atoms with Crippen molar-refractivity contribution in [1.82, 2.24) is 14.7 Å². The van der Waals surface area contributed by atoms with E-state index in [1.54, 1.807) is 0 Å². The average Bonchev–Trinajstić information content (AvgIpc) is 2.98. The molecule has 1 unspecified atom stereocenters. The second kappa shape index (κ2) is 6.95. The van der Waals surface area contributed by atoms with E-state index >= 15 is 0 Å². The van der Waals surface area contributed by atoms with Crippen LogP contribution in [0, 0.1) is 11.8 Å². The standard InChI is InChI=1S/C18H28N4O2S2/c1-12-4-6-14(7-5-12)26(23,24)16-17-19-15-8-9-21(2)10-13(15)11-22(17)20-18(16)25-3/h12-14H,4-11H2,1-3H3. The summed E-state index contributed by atoms with van der Waals surface area (Å²) in [6.07, 6.45) is 6.32. The van der Waals surface area contributed by atoms with Gasteiger partial charge in [-0.1, -0.05) is 6.92 Å². The van der Waals surface area contributed by atoms with Crippen molar-refractivity contribution in [1.29, 1.82) is 0 Å². The Balaban J connectivity index is 1.74. The fourth-order valence-corrected chi connectivity index (χ4v) is 7.45. The highest BCUT2D eigenvalue weighted by Gasteiger charge is 2.39. The molecule has 1 saturated carbocycles. The minimum atomic E-state index is -3.40. The zero-order valence-corrected chi connectivity index (χ0v) is 17.4. The molecule has 0 bridgehead atoms. The van der Waals surface area contributed by atoms with Gasteiger partial charge in [0.2, 0.25) is 0 Å². The molecule has 6 nitrogen and oxygen atoms in total. The van der Waals surface area contributed by atoms with Gasteiger partial charge in [0.15, 0.2) is 15.7 Å². The van der Waals surface area contributed by atoms with Crippen LogP contribution in [0.25, 0.3) is 0 Å². The van der Waals surface area contributed by atoms with E-state index in [2.05, 4.69) is 24.0 Å². The Kier molecular flexibility index (Phi) is 4.94. The highest BCUT2D eigenvalue weighted by Crippen LogP contribution is 2.42. The van der Waals surface area contributed by atoms with Crippen LogP contribution in [0.5, 0.6) is 0 Å². The van der Waals surface area contributed by atoms with Gasteiger partial charge in [0.25, 0.3) is 0 Å². The summed E-state index contributed by atoms with van der Waals surface area (Å²) in [5, 5.41) is 4.97. The molecule has 1 aromatic rings. The second-order valence-electron chi connectivity index (χ2n) is 8.08. The second-order valence-corrected chi connectivity index (χ2v) is 11.0. The Labute approximate surface area is 160 Å². The molecule has 2 fully saturated rings. The molecule has 4 rings (SSSR count). The number of sulfone groups is 1. The summed E-state index contributed by atoms with van der Waals surface area (Å²) in [5.41, 5.74) is 1.15. The fraction of sp³-hybridized carbons (Fsp3) is 0.778. The molecule has 8 heteroatoms. The molecule has 0 amide bonds. The number of nitrogens with zero attached hydrogens (tertiary/aromatic N) is 4. The zero-order chi connectivity index (χ0) is 18.5. The summed E-state index contributed by atoms with van der Waals surface area (Å²) in [4.78, 5) is 7.56. The molecule has 26 heavy (non-hydrogen) atoms. The van der Waals surface area contributed by atoms with E-state index in [1.807, 2.05) is 10.9 Å². The van der Waals surface area contributed by atoms with Crippen molar-refractivity contribution in [3.05, 3.63) is 0 Å². The quantitative estimate of drug-likeness (QED) is 0.735. The van der Waals surface area contributed by atoms with Gasteiger partial charge in [-0.25, -0.2) is 18.1 Å². The van der Waals surface area contributed by atoms with Crippen LogP contribution in [-0.4, -0.2) is 60.5 Å². The summed E-state index contributed by atoms with van der Waals surface area (Å²) in [6, 6.07) is 0. The molecule has 0 radical (unpaired) electrons. The Morgan fingerprint density at radius 3 is 2.58 bits per heavy atom. The van der Waals surface area contributed by atoms with Crippen molar-refractivity contribution >= 4 is 33.1 Å². The smallest absolute Gasteiger partial charge is 0.187 e. The number of fused-ring (bicyclic) bond motifs is 2. The molecule has 1 atom stereocenters. The Morgan fingerprint density at radius 2 is 1.88 bits per heavy atom. The van der Waals surface area contributed by atoms with E-state index < -0.39 is 9.84 Å². The van der Waals surface area contributed by atoms with E-state index in [4.69, 9.17) is 4.99 Å². The van der Waals surface area contributed by atoms with Gasteiger partial charge in [-0.3, -0.25) is 0 Å². The summed E-state index contributed by atoms with van der Waals surface area (Å²) < 4.78 is 28.8. The van der Waals surface area contributed by atoms with E-state index in [9.17, 15) is 8.42 Å². The molecule has 144 valence electrons. The van der Waals surface area contributed by atoms with E-state index in [1.165, 1.54) is 11.8 Å². The Morgan fingerprint density at radius 1 is 1.15 bits per heavy atom. The van der Waals surface area contributed by atoms with Crippen LogP contribution in [0.1, 0.15) is 39.0 Å². The highest BCUT2D eigenvalue weighted by molar-refractivity contribution is 7.99. The minimum absolute atomic E-state index is 0.283. The molecular weight excluding hydrogens is 368 g/mol. The van der Waals surface area contributed by atoms with Gasteiger partial charge < -0.3 is 4.90 Å². The maximum absolute atomic E-state index is 13.5. The summed E-state index contributed by atoms with van der Waals surface area (Å²) >= 11 is 1.42. The molecule has 0 N–H and O–H groups in total. The average molecular weight is 397 g/mol. The number of aliphatic imine (C=N–C) groups is 1. The lowest BCUT2D eigenvalue weighted by Crippen LogP contribution is -2.42. The van der Waals surface area contributed by atoms with Crippen molar-refractivity contribution in [2.75, 3.05) is 26.4 Å². The largest absolute Gasteiger partial charge is 0.305 e. The lowest BCUT2D eigenvalue weighted by atomic mass is 9.91. The SMILES string of the molecule is CSc1nn2c(c1S(=O)(=O)C1CCC(C)CC1)N=C1CCN(C)CC1C2. The van der Waals surface area contributed by atoms with Crippen LogP contribution in [-0.2, 0) is 16.4 Å². The van der Waals surface area contributed by atoms with Gasteiger partial charge in [0.1, 0.15) is 9.92 Å². The maximum Gasteiger partial charge on any atom is 0.187 e. The lowest BCUT2D eigenvalue weighted by Gasteiger charge is -2.33. The molecule has 3 aliphatic rings. The lowest BCUT2D eigenvalue weighted by molar-refractivity contribution is 0.269. The molecule has 1 saturated heterocycles. The molecule has 1 aromatic heterocycles. The third-order valence-electron chi connectivity index (χ3n) is 6.13. The first-order chi connectivity index (χ1) is 12.4. The molecule has 1 aliphatic carbocycles. The first-order valence-corrected chi connectivity index (χ1v) is 12.3. The predicted octanol–water partition coefficient (Wildman–Crippen LogP) is 3.00. The van der Waals surface area contributed by atoms with Crippen LogP contribution in [0.3, 0.4) is 0 Å². The monoisotopic (exact) mass is 396 g/mol. The number of hydrogen-bond acceptors (Lipinski definition) is 6. The number of thioether (sulfide) groups is 1. The number of likely N-dealkylation sites (tertiary alicyclic amines) is 1. The van der Waals surface area contributed by atoms with Gasteiger partial charge in [-0.2, -0.15) is 5.10 Å². The van der Waals surface area contributed by atoms with E-state index in [0.29, 0.717) is 27.6 Å². The number of hydrogen-bond donors (Lipinski definition) is 0. The van der Waals surface area contributed by atoms with Gasteiger partial charge in [-0.05, 0) is 51.3 Å². The summed E-state index contributed by atoms with van der Waals surface area (Å²) in [5.74, 6) is 1.56. The number of aromatic nitrogens is 2. The molecule has 0 aromatic carbocycles. The third kappa shape index (κ3) is 3.14. The first-order valence-electron chi connectivity index (χ1n) is 9.54. The number of rotatable bonds is 3. The first kappa shape index (κ1) is 18.5. The van der Waals surface area contributed by atoms with Crippen LogP contribution >= 0.6 is 11.8 Å². The van der Waals surface area contributed by atoms with Crippen LogP contribution in [0.4, 0.5) is 5.82 Å².